The van der Waals surface area contributed by atoms with Gasteiger partial charge in [0.1, 0.15) is 11.3 Å². The molecule has 1 amide bonds. The normalized spacial score (nSPS) is 17.6. The van der Waals surface area contributed by atoms with Crippen LogP contribution in [0.1, 0.15) is 19.8 Å². The first-order chi connectivity index (χ1) is 12.2. The van der Waals surface area contributed by atoms with Gasteiger partial charge in [0.15, 0.2) is 5.65 Å². The van der Waals surface area contributed by atoms with Gasteiger partial charge in [-0.05, 0) is 25.0 Å². The summed E-state index contributed by atoms with van der Waals surface area (Å²) < 4.78 is 0. The molecule has 128 valence electrons. The lowest BCUT2D eigenvalue weighted by atomic mass is 10.0. The summed E-state index contributed by atoms with van der Waals surface area (Å²) in [4.78, 5) is 27.0. The standard InChI is InChI=1S/C17H19N7O/c1-11(25)24-7-3-4-12(10-24)21-16-13(5-2-6-18-16)14-8-19-17-15(22-14)9-20-23-17/h2,5-6,8-9,12H,3-4,7,10H2,1H3,(H,18,21)(H,19,20,23)/t12-/m0/s1. The number of nitrogens with zero attached hydrogens (tertiary/aromatic N) is 5. The summed E-state index contributed by atoms with van der Waals surface area (Å²) in [6.07, 6.45) is 7.11. The minimum Gasteiger partial charge on any atom is -0.365 e. The summed E-state index contributed by atoms with van der Waals surface area (Å²) in [5.74, 6) is 0.874. The number of aromatic nitrogens is 5. The maximum absolute atomic E-state index is 11.6. The maximum atomic E-state index is 11.6. The largest absolute Gasteiger partial charge is 0.365 e. The molecule has 0 aliphatic carbocycles. The Kier molecular flexibility index (Phi) is 4.01. The number of carbonyl (C=O) groups excluding carboxylic acids is 1. The van der Waals surface area contributed by atoms with Gasteiger partial charge < -0.3 is 10.2 Å². The number of likely N-dealkylation sites (tertiary alicyclic amines) is 1. The quantitative estimate of drug-likeness (QED) is 0.756. The van der Waals surface area contributed by atoms with Crippen LogP contribution in [0.3, 0.4) is 0 Å². The van der Waals surface area contributed by atoms with Gasteiger partial charge in [0.25, 0.3) is 0 Å². The third-order valence-electron chi connectivity index (χ3n) is 4.45. The summed E-state index contributed by atoms with van der Waals surface area (Å²) in [6.45, 7) is 3.13. The summed E-state index contributed by atoms with van der Waals surface area (Å²) >= 11 is 0. The van der Waals surface area contributed by atoms with Crippen molar-refractivity contribution in [2.45, 2.75) is 25.8 Å². The second-order valence-corrected chi connectivity index (χ2v) is 6.21. The van der Waals surface area contributed by atoms with E-state index in [1.807, 2.05) is 17.0 Å². The van der Waals surface area contributed by atoms with Gasteiger partial charge in [0.05, 0.1) is 18.1 Å². The Hall–Kier alpha value is -3.03. The molecule has 8 nitrogen and oxygen atoms in total. The Morgan fingerprint density at radius 1 is 1.36 bits per heavy atom. The minimum atomic E-state index is 0.115. The van der Waals surface area contributed by atoms with E-state index in [0.717, 1.165) is 36.5 Å². The Bertz CT molecular complexity index is 907. The molecule has 3 aromatic heterocycles. The molecule has 4 heterocycles. The van der Waals surface area contributed by atoms with Gasteiger partial charge in [0.2, 0.25) is 5.91 Å². The molecule has 1 atom stereocenters. The molecule has 0 unspecified atom stereocenters. The number of carbonyl (C=O) groups is 1. The van der Waals surface area contributed by atoms with Crippen LogP contribution in [0.2, 0.25) is 0 Å². The highest BCUT2D eigenvalue weighted by atomic mass is 16.2. The van der Waals surface area contributed by atoms with Crippen molar-refractivity contribution in [1.82, 2.24) is 30.0 Å². The summed E-state index contributed by atoms with van der Waals surface area (Å²) in [7, 11) is 0. The smallest absolute Gasteiger partial charge is 0.219 e. The number of amides is 1. The predicted molar refractivity (Wildman–Crippen MR) is 93.8 cm³/mol. The van der Waals surface area contributed by atoms with Gasteiger partial charge in [0, 0.05) is 37.8 Å². The van der Waals surface area contributed by atoms with Crippen LogP contribution in [0.5, 0.6) is 0 Å². The number of piperidine rings is 1. The van der Waals surface area contributed by atoms with E-state index in [2.05, 4.69) is 30.5 Å². The van der Waals surface area contributed by atoms with Crippen molar-refractivity contribution in [2.75, 3.05) is 18.4 Å². The van der Waals surface area contributed by atoms with Crippen LogP contribution in [0.25, 0.3) is 22.4 Å². The molecule has 25 heavy (non-hydrogen) atoms. The van der Waals surface area contributed by atoms with E-state index in [1.54, 1.807) is 25.5 Å². The van der Waals surface area contributed by atoms with Crippen molar-refractivity contribution < 1.29 is 4.79 Å². The van der Waals surface area contributed by atoms with Crippen molar-refractivity contribution in [3.8, 4) is 11.3 Å². The highest BCUT2D eigenvalue weighted by molar-refractivity contribution is 5.77. The van der Waals surface area contributed by atoms with E-state index >= 15 is 0 Å². The van der Waals surface area contributed by atoms with Gasteiger partial charge in [-0.1, -0.05) is 0 Å². The average molecular weight is 337 g/mol. The number of hydrogen-bond acceptors (Lipinski definition) is 6. The van der Waals surface area contributed by atoms with Gasteiger partial charge >= 0.3 is 0 Å². The Morgan fingerprint density at radius 3 is 3.16 bits per heavy atom. The fourth-order valence-corrected chi connectivity index (χ4v) is 3.17. The average Bonchev–Trinajstić information content (AvgIpc) is 3.10. The summed E-state index contributed by atoms with van der Waals surface area (Å²) in [5, 5.41) is 10.2. The zero-order chi connectivity index (χ0) is 17.2. The fourth-order valence-electron chi connectivity index (χ4n) is 3.17. The first-order valence-electron chi connectivity index (χ1n) is 8.34. The zero-order valence-electron chi connectivity index (χ0n) is 13.9. The molecule has 0 bridgehead atoms. The van der Waals surface area contributed by atoms with E-state index in [0.29, 0.717) is 17.7 Å². The number of pyridine rings is 1. The Balaban J connectivity index is 1.61. The monoisotopic (exact) mass is 337 g/mol. The van der Waals surface area contributed by atoms with E-state index in [4.69, 9.17) is 0 Å². The van der Waals surface area contributed by atoms with Gasteiger partial charge in [-0.3, -0.25) is 9.89 Å². The number of hydrogen-bond donors (Lipinski definition) is 2. The van der Waals surface area contributed by atoms with Gasteiger partial charge in [-0.2, -0.15) is 5.10 Å². The first kappa shape index (κ1) is 15.5. The number of rotatable bonds is 3. The topological polar surface area (TPSA) is 99.7 Å². The van der Waals surface area contributed by atoms with E-state index in [9.17, 15) is 4.79 Å². The SMILES string of the molecule is CC(=O)N1CCC[C@H](Nc2ncccc2-c2cnc3[nH]ncc3n2)C1. The van der Waals surface area contributed by atoms with E-state index < -0.39 is 0 Å². The Morgan fingerprint density at radius 2 is 2.28 bits per heavy atom. The lowest BCUT2D eigenvalue weighted by Crippen LogP contribution is -2.44. The summed E-state index contributed by atoms with van der Waals surface area (Å²) in [5.41, 5.74) is 3.00. The molecule has 4 rings (SSSR count). The minimum absolute atomic E-state index is 0.115. The predicted octanol–water partition coefficient (Wildman–Crippen LogP) is 1.84. The highest BCUT2D eigenvalue weighted by Gasteiger charge is 2.22. The van der Waals surface area contributed by atoms with Gasteiger partial charge in [-0.25, -0.2) is 15.0 Å². The van der Waals surface area contributed by atoms with Crippen LogP contribution >= 0.6 is 0 Å². The second-order valence-electron chi connectivity index (χ2n) is 6.21. The molecule has 0 radical (unpaired) electrons. The third kappa shape index (κ3) is 3.15. The van der Waals surface area contributed by atoms with Crippen LogP contribution in [-0.2, 0) is 4.79 Å². The molecule has 3 aromatic rings. The van der Waals surface area contributed by atoms with Crippen molar-refractivity contribution >= 4 is 22.9 Å². The van der Waals surface area contributed by atoms with Crippen LogP contribution in [0, 0.1) is 0 Å². The van der Waals surface area contributed by atoms with Crippen molar-refractivity contribution in [1.29, 1.82) is 0 Å². The molecule has 1 aliphatic heterocycles. The van der Waals surface area contributed by atoms with E-state index in [1.165, 1.54) is 0 Å². The number of aromatic amines is 1. The maximum Gasteiger partial charge on any atom is 0.219 e. The second kappa shape index (κ2) is 6.46. The van der Waals surface area contributed by atoms with Crippen molar-refractivity contribution in [3.63, 3.8) is 0 Å². The lowest BCUT2D eigenvalue weighted by Gasteiger charge is -2.33. The zero-order valence-corrected chi connectivity index (χ0v) is 13.9. The number of anilines is 1. The molecule has 0 spiro atoms. The number of H-pyrrole nitrogens is 1. The van der Waals surface area contributed by atoms with Crippen LogP contribution in [0.4, 0.5) is 5.82 Å². The molecule has 0 aromatic carbocycles. The molecule has 2 N–H and O–H groups in total. The Labute approximate surface area is 144 Å². The van der Waals surface area contributed by atoms with E-state index in [-0.39, 0.29) is 11.9 Å². The molecule has 1 saturated heterocycles. The molecule has 1 aliphatic rings. The van der Waals surface area contributed by atoms with Crippen molar-refractivity contribution in [3.05, 3.63) is 30.7 Å². The third-order valence-corrected chi connectivity index (χ3v) is 4.45. The van der Waals surface area contributed by atoms with Gasteiger partial charge in [-0.15, -0.1) is 0 Å². The molecular formula is C17H19N7O. The van der Waals surface area contributed by atoms with Crippen LogP contribution < -0.4 is 5.32 Å². The number of fused-ring (bicyclic) bond motifs is 1. The molecule has 1 fully saturated rings. The fraction of sp³-hybridized carbons (Fsp3) is 0.353. The van der Waals surface area contributed by atoms with Crippen molar-refractivity contribution in [2.24, 2.45) is 0 Å². The van der Waals surface area contributed by atoms with Crippen LogP contribution in [-0.4, -0.2) is 55.1 Å². The lowest BCUT2D eigenvalue weighted by molar-refractivity contribution is -0.129. The molecule has 0 saturated carbocycles. The number of nitrogens with one attached hydrogen (secondary N) is 2. The molecule has 8 heteroatoms. The van der Waals surface area contributed by atoms with Crippen LogP contribution in [0.15, 0.2) is 30.7 Å². The summed E-state index contributed by atoms with van der Waals surface area (Å²) in [6, 6.07) is 4.03. The molecular weight excluding hydrogens is 318 g/mol. The highest BCUT2D eigenvalue weighted by Crippen LogP contribution is 2.26. The first-order valence-corrected chi connectivity index (χ1v) is 8.34.